The van der Waals surface area contributed by atoms with Gasteiger partial charge in [-0.05, 0) is 12.8 Å². The Morgan fingerprint density at radius 3 is 2.75 bits per heavy atom. The van der Waals surface area contributed by atoms with Gasteiger partial charge in [-0.25, -0.2) is 13.1 Å². The summed E-state index contributed by atoms with van der Waals surface area (Å²) < 4.78 is 27.8. The minimum Gasteiger partial charge on any atom is -0.481 e. The molecule has 1 aliphatic carbocycles. The number of hydrogen-bond acceptors (Lipinski definition) is 5. The highest BCUT2D eigenvalue weighted by Gasteiger charge is 2.42. The number of rotatable bonds is 8. The zero-order chi connectivity index (χ0) is 14.8. The smallest absolute Gasteiger partial charge is 0.305 e. The molecule has 8 nitrogen and oxygen atoms in total. The standard InChI is InChI=1S/C11H17N3O5S/c15-8-11(2-3-11)7-13-20(18,19)9-5-12-14(6-9)4-1-10(16)17/h5-6,13,15H,1-4,7-8H2,(H,16,17). The molecule has 0 aromatic carbocycles. The van der Waals surface area contributed by atoms with Gasteiger partial charge >= 0.3 is 5.97 Å². The van der Waals surface area contributed by atoms with E-state index in [4.69, 9.17) is 10.2 Å². The van der Waals surface area contributed by atoms with Crippen LogP contribution in [0.1, 0.15) is 19.3 Å². The lowest BCUT2D eigenvalue weighted by molar-refractivity contribution is -0.137. The molecule has 2 rings (SSSR count). The quantitative estimate of drug-likeness (QED) is 0.590. The van der Waals surface area contributed by atoms with Gasteiger partial charge in [-0.2, -0.15) is 5.10 Å². The first kappa shape index (κ1) is 14.9. The highest BCUT2D eigenvalue weighted by molar-refractivity contribution is 7.89. The number of aliphatic hydroxyl groups is 1. The Morgan fingerprint density at radius 2 is 2.20 bits per heavy atom. The van der Waals surface area contributed by atoms with Crippen molar-refractivity contribution in [2.24, 2.45) is 5.41 Å². The van der Waals surface area contributed by atoms with Crippen molar-refractivity contribution >= 4 is 16.0 Å². The van der Waals surface area contributed by atoms with Gasteiger partial charge in [0.2, 0.25) is 10.0 Å². The fourth-order valence-corrected chi connectivity index (χ4v) is 2.82. The molecule has 1 fully saturated rings. The van der Waals surface area contributed by atoms with Gasteiger partial charge in [0.25, 0.3) is 0 Å². The molecule has 0 bridgehead atoms. The molecule has 0 atom stereocenters. The molecule has 1 heterocycles. The normalized spacial score (nSPS) is 17.1. The number of nitrogens with one attached hydrogen (secondary N) is 1. The molecule has 112 valence electrons. The number of aliphatic carboxylic acids is 1. The van der Waals surface area contributed by atoms with Crippen LogP contribution in [0.2, 0.25) is 0 Å². The molecule has 0 unspecified atom stereocenters. The lowest BCUT2D eigenvalue weighted by atomic mass is 10.1. The van der Waals surface area contributed by atoms with E-state index in [0.717, 1.165) is 12.8 Å². The molecule has 0 spiro atoms. The third kappa shape index (κ3) is 3.56. The van der Waals surface area contributed by atoms with Crippen LogP contribution >= 0.6 is 0 Å². The van der Waals surface area contributed by atoms with Crippen LogP contribution in [0.3, 0.4) is 0 Å². The summed E-state index contributed by atoms with van der Waals surface area (Å²) in [5, 5.41) is 21.5. The highest BCUT2D eigenvalue weighted by atomic mass is 32.2. The van der Waals surface area contributed by atoms with Gasteiger partial charge in [0.1, 0.15) is 4.90 Å². The first-order valence-electron chi connectivity index (χ1n) is 6.22. The predicted octanol–water partition coefficient (Wildman–Crippen LogP) is -0.591. The van der Waals surface area contributed by atoms with Gasteiger partial charge in [-0.15, -0.1) is 0 Å². The van der Waals surface area contributed by atoms with E-state index in [-0.39, 0.29) is 36.4 Å². The average Bonchev–Trinajstić information content (AvgIpc) is 3.02. The minimum atomic E-state index is -3.67. The summed E-state index contributed by atoms with van der Waals surface area (Å²) in [5.74, 6) is -0.971. The van der Waals surface area contributed by atoms with Gasteiger partial charge in [-0.3, -0.25) is 9.48 Å². The first-order chi connectivity index (χ1) is 9.37. The van der Waals surface area contributed by atoms with E-state index in [9.17, 15) is 13.2 Å². The first-order valence-corrected chi connectivity index (χ1v) is 7.70. The molecule has 0 radical (unpaired) electrons. The van der Waals surface area contributed by atoms with Crippen molar-refractivity contribution in [3.05, 3.63) is 12.4 Å². The zero-order valence-electron chi connectivity index (χ0n) is 10.8. The number of sulfonamides is 1. The van der Waals surface area contributed by atoms with Crippen molar-refractivity contribution in [2.75, 3.05) is 13.2 Å². The van der Waals surface area contributed by atoms with Crippen molar-refractivity contribution in [3.8, 4) is 0 Å². The molecule has 0 amide bonds. The Morgan fingerprint density at radius 1 is 1.50 bits per heavy atom. The predicted molar refractivity (Wildman–Crippen MR) is 68.4 cm³/mol. The van der Waals surface area contributed by atoms with Crippen molar-refractivity contribution in [2.45, 2.75) is 30.7 Å². The molecular formula is C11H17N3O5S. The lowest BCUT2D eigenvalue weighted by Gasteiger charge is -2.12. The third-order valence-corrected chi connectivity index (χ3v) is 4.76. The molecule has 0 saturated heterocycles. The Kier molecular flexibility index (Phi) is 4.11. The highest BCUT2D eigenvalue weighted by Crippen LogP contribution is 2.44. The fraction of sp³-hybridized carbons (Fsp3) is 0.636. The van der Waals surface area contributed by atoms with E-state index in [1.54, 1.807) is 0 Å². The maximum absolute atomic E-state index is 12.0. The van der Waals surface area contributed by atoms with Crippen LogP contribution in [-0.4, -0.2) is 47.5 Å². The monoisotopic (exact) mass is 303 g/mol. The summed E-state index contributed by atoms with van der Waals surface area (Å²) in [6.45, 7) is 0.283. The van der Waals surface area contributed by atoms with E-state index in [2.05, 4.69) is 9.82 Å². The topological polar surface area (TPSA) is 122 Å². The summed E-state index contributed by atoms with van der Waals surface area (Å²) in [4.78, 5) is 10.4. The molecule has 20 heavy (non-hydrogen) atoms. The number of carboxylic acid groups (broad SMARTS) is 1. The molecule has 1 aliphatic rings. The van der Waals surface area contributed by atoms with Crippen LogP contribution in [0, 0.1) is 5.41 Å². The van der Waals surface area contributed by atoms with Crippen molar-refractivity contribution in [1.82, 2.24) is 14.5 Å². The van der Waals surface area contributed by atoms with Crippen molar-refractivity contribution < 1.29 is 23.4 Å². The summed E-state index contributed by atoms with van der Waals surface area (Å²) in [6, 6.07) is 0. The molecule has 3 N–H and O–H groups in total. The Bertz CT molecular complexity index is 591. The largest absolute Gasteiger partial charge is 0.481 e. The molecule has 1 saturated carbocycles. The second kappa shape index (κ2) is 5.51. The number of nitrogens with zero attached hydrogens (tertiary/aromatic N) is 2. The van der Waals surface area contributed by atoms with E-state index >= 15 is 0 Å². The van der Waals surface area contributed by atoms with E-state index < -0.39 is 16.0 Å². The number of aliphatic hydroxyl groups excluding tert-OH is 1. The van der Waals surface area contributed by atoms with Gasteiger partial charge in [0, 0.05) is 24.8 Å². The maximum Gasteiger partial charge on any atom is 0.305 e. The van der Waals surface area contributed by atoms with Gasteiger partial charge in [-0.1, -0.05) is 0 Å². The van der Waals surface area contributed by atoms with Gasteiger partial charge < -0.3 is 10.2 Å². The van der Waals surface area contributed by atoms with Crippen LogP contribution < -0.4 is 4.72 Å². The van der Waals surface area contributed by atoms with Gasteiger partial charge in [0.15, 0.2) is 0 Å². The number of carbonyl (C=O) groups is 1. The molecular weight excluding hydrogens is 286 g/mol. The molecule has 1 aromatic rings. The van der Waals surface area contributed by atoms with Crippen LogP contribution in [0.15, 0.2) is 17.3 Å². The van der Waals surface area contributed by atoms with E-state index in [1.165, 1.54) is 17.1 Å². The Hall–Kier alpha value is -1.45. The zero-order valence-corrected chi connectivity index (χ0v) is 11.6. The lowest BCUT2D eigenvalue weighted by Crippen LogP contribution is -2.31. The van der Waals surface area contributed by atoms with Crippen molar-refractivity contribution in [3.63, 3.8) is 0 Å². The van der Waals surface area contributed by atoms with E-state index in [1.807, 2.05) is 0 Å². The van der Waals surface area contributed by atoms with Gasteiger partial charge in [0.05, 0.1) is 19.2 Å². The summed E-state index contributed by atoms with van der Waals surface area (Å²) >= 11 is 0. The molecule has 9 heteroatoms. The Labute approximate surface area is 116 Å². The Balaban J connectivity index is 1.97. The SMILES string of the molecule is O=C(O)CCn1cc(S(=O)(=O)NCC2(CO)CC2)cn1. The van der Waals surface area contributed by atoms with Crippen LogP contribution in [0.5, 0.6) is 0 Å². The summed E-state index contributed by atoms with van der Waals surface area (Å²) in [5.41, 5.74) is -0.313. The summed E-state index contributed by atoms with van der Waals surface area (Å²) in [7, 11) is -3.67. The van der Waals surface area contributed by atoms with Crippen LogP contribution in [0.4, 0.5) is 0 Å². The van der Waals surface area contributed by atoms with Crippen molar-refractivity contribution in [1.29, 1.82) is 0 Å². The van der Waals surface area contributed by atoms with E-state index in [0.29, 0.717) is 0 Å². The second-order valence-corrected chi connectivity index (χ2v) is 6.83. The second-order valence-electron chi connectivity index (χ2n) is 5.07. The maximum atomic E-state index is 12.0. The minimum absolute atomic E-state index is 0.00312. The van der Waals surface area contributed by atoms with Crippen LogP contribution in [-0.2, 0) is 21.4 Å². The molecule has 1 aromatic heterocycles. The molecule has 0 aliphatic heterocycles. The number of aryl methyl sites for hydroxylation is 1. The van der Waals surface area contributed by atoms with Crippen LogP contribution in [0.25, 0.3) is 0 Å². The number of aromatic nitrogens is 2. The summed E-state index contributed by atoms with van der Waals surface area (Å²) in [6.07, 6.45) is 3.97. The number of hydrogen-bond donors (Lipinski definition) is 3. The average molecular weight is 303 g/mol. The number of carboxylic acids is 1. The fourth-order valence-electron chi connectivity index (χ4n) is 1.71. The third-order valence-electron chi connectivity index (χ3n) is 3.40.